The summed E-state index contributed by atoms with van der Waals surface area (Å²) in [6.45, 7) is 6.06. The van der Waals surface area contributed by atoms with E-state index in [-0.39, 0.29) is 0 Å². The second-order valence-corrected chi connectivity index (χ2v) is 7.44. The van der Waals surface area contributed by atoms with Crippen LogP contribution in [0.4, 0.5) is 0 Å². The summed E-state index contributed by atoms with van der Waals surface area (Å²) in [4.78, 5) is 0. The predicted molar refractivity (Wildman–Crippen MR) is 82.0 cm³/mol. The van der Waals surface area contributed by atoms with Crippen LogP contribution in [0.15, 0.2) is 12.2 Å². The summed E-state index contributed by atoms with van der Waals surface area (Å²) in [5, 5.41) is 3.88. The molecule has 3 rings (SSSR count). The van der Waals surface area contributed by atoms with E-state index in [0.29, 0.717) is 0 Å². The zero-order valence-electron chi connectivity index (χ0n) is 12.8. The average molecular weight is 261 g/mol. The highest BCUT2D eigenvalue weighted by Crippen LogP contribution is 2.44. The van der Waals surface area contributed by atoms with Crippen LogP contribution in [0.25, 0.3) is 0 Å². The standard InChI is InChI=1S/C18H31N/c1-3-14-4-6-15(7-5-14)12-19-13(2)18-11-16-8-9-17(18)10-16/h8-9,13-19H,3-7,10-12H2,1-2H3. The monoisotopic (exact) mass is 261 g/mol. The van der Waals surface area contributed by atoms with E-state index in [1.807, 2.05) is 0 Å². The summed E-state index contributed by atoms with van der Waals surface area (Å²) in [7, 11) is 0. The Bertz CT molecular complexity index is 314. The van der Waals surface area contributed by atoms with Crippen molar-refractivity contribution in [2.45, 2.75) is 64.8 Å². The molecular weight excluding hydrogens is 230 g/mol. The van der Waals surface area contributed by atoms with Gasteiger partial charge in [0, 0.05) is 6.04 Å². The Labute approximate surface area is 119 Å². The molecule has 0 spiro atoms. The molecule has 0 aromatic carbocycles. The maximum Gasteiger partial charge on any atom is 0.00729 e. The molecule has 3 aliphatic rings. The maximum absolute atomic E-state index is 3.88. The van der Waals surface area contributed by atoms with Crippen LogP contribution in [0.1, 0.15) is 58.8 Å². The lowest BCUT2D eigenvalue weighted by atomic mass is 9.80. The number of fused-ring (bicyclic) bond motifs is 2. The zero-order valence-corrected chi connectivity index (χ0v) is 12.8. The first-order valence-corrected chi connectivity index (χ1v) is 8.68. The van der Waals surface area contributed by atoms with Gasteiger partial charge in [0.2, 0.25) is 0 Å². The van der Waals surface area contributed by atoms with E-state index >= 15 is 0 Å². The molecule has 4 unspecified atom stereocenters. The lowest BCUT2D eigenvalue weighted by molar-refractivity contribution is 0.241. The van der Waals surface area contributed by atoms with E-state index < -0.39 is 0 Å². The largest absolute Gasteiger partial charge is 0.314 e. The molecule has 2 bridgehead atoms. The number of allylic oxidation sites excluding steroid dienone is 2. The molecule has 0 aromatic rings. The van der Waals surface area contributed by atoms with Gasteiger partial charge in [-0.05, 0) is 68.7 Å². The Morgan fingerprint density at radius 1 is 1.05 bits per heavy atom. The molecule has 0 aromatic heterocycles. The molecule has 4 atom stereocenters. The van der Waals surface area contributed by atoms with Gasteiger partial charge in [-0.25, -0.2) is 0 Å². The molecular formula is C18H31N. The third-order valence-corrected chi connectivity index (χ3v) is 6.24. The Morgan fingerprint density at radius 2 is 1.79 bits per heavy atom. The molecule has 0 aliphatic heterocycles. The quantitative estimate of drug-likeness (QED) is 0.724. The first-order chi connectivity index (χ1) is 9.26. The summed E-state index contributed by atoms with van der Waals surface area (Å²) in [5.74, 6) is 4.72. The molecule has 2 fully saturated rings. The van der Waals surface area contributed by atoms with Crippen molar-refractivity contribution in [2.75, 3.05) is 6.54 Å². The highest BCUT2D eigenvalue weighted by atomic mass is 14.9. The minimum atomic E-state index is 0.726. The van der Waals surface area contributed by atoms with E-state index in [4.69, 9.17) is 0 Å². The van der Waals surface area contributed by atoms with Crippen LogP contribution in [-0.4, -0.2) is 12.6 Å². The van der Waals surface area contributed by atoms with Gasteiger partial charge in [0.15, 0.2) is 0 Å². The van der Waals surface area contributed by atoms with Gasteiger partial charge < -0.3 is 5.32 Å². The van der Waals surface area contributed by atoms with Crippen LogP contribution in [0, 0.1) is 29.6 Å². The molecule has 1 N–H and O–H groups in total. The van der Waals surface area contributed by atoms with Crippen molar-refractivity contribution in [3.05, 3.63) is 12.2 Å². The summed E-state index contributed by atoms with van der Waals surface area (Å²) in [6, 6.07) is 0.726. The molecule has 19 heavy (non-hydrogen) atoms. The van der Waals surface area contributed by atoms with Crippen molar-refractivity contribution in [3.63, 3.8) is 0 Å². The second-order valence-electron chi connectivity index (χ2n) is 7.44. The van der Waals surface area contributed by atoms with Gasteiger partial charge in [-0.3, -0.25) is 0 Å². The smallest absolute Gasteiger partial charge is 0.00729 e. The Hall–Kier alpha value is -0.300. The molecule has 1 nitrogen and oxygen atoms in total. The maximum atomic E-state index is 3.88. The lowest BCUT2D eigenvalue weighted by Crippen LogP contribution is -2.39. The highest BCUT2D eigenvalue weighted by molar-refractivity contribution is 5.11. The van der Waals surface area contributed by atoms with E-state index in [9.17, 15) is 0 Å². The minimum absolute atomic E-state index is 0.726. The normalized spacial score (nSPS) is 42.7. The summed E-state index contributed by atoms with van der Waals surface area (Å²) >= 11 is 0. The first-order valence-electron chi connectivity index (χ1n) is 8.68. The van der Waals surface area contributed by atoms with Gasteiger partial charge >= 0.3 is 0 Å². The number of hydrogen-bond acceptors (Lipinski definition) is 1. The highest BCUT2D eigenvalue weighted by Gasteiger charge is 2.38. The van der Waals surface area contributed by atoms with Crippen molar-refractivity contribution < 1.29 is 0 Å². The van der Waals surface area contributed by atoms with Gasteiger partial charge in [-0.15, -0.1) is 0 Å². The van der Waals surface area contributed by atoms with E-state index in [1.165, 1.54) is 51.5 Å². The van der Waals surface area contributed by atoms with Crippen molar-refractivity contribution in [1.29, 1.82) is 0 Å². The summed E-state index contributed by atoms with van der Waals surface area (Å²) in [5.41, 5.74) is 0. The van der Waals surface area contributed by atoms with Crippen LogP contribution in [0.5, 0.6) is 0 Å². The summed E-state index contributed by atoms with van der Waals surface area (Å²) in [6.07, 6.45) is 15.1. The predicted octanol–water partition coefficient (Wildman–Crippen LogP) is 4.39. The van der Waals surface area contributed by atoms with Gasteiger partial charge in [0.05, 0.1) is 0 Å². The van der Waals surface area contributed by atoms with E-state index in [2.05, 4.69) is 31.3 Å². The van der Waals surface area contributed by atoms with Crippen LogP contribution in [0.3, 0.4) is 0 Å². The zero-order chi connectivity index (χ0) is 13.2. The molecule has 1 heteroatoms. The van der Waals surface area contributed by atoms with E-state index in [1.54, 1.807) is 0 Å². The van der Waals surface area contributed by atoms with Crippen molar-refractivity contribution in [1.82, 2.24) is 5.32 Å². The molecule has 2 saturated carbocycles. The van der Waals surface area contributed by atoms with Gasteiger partial charge in [0.1, 0.15) is 0 Å². The second kappa shape index (κ2) is 5.99. The van der Waals surface area contributed by atoms with Crippen LogP contribution >= 0.6 is 0 Å². The fraction of sp³-hybridized carbons (Fsp3) is 0.889. The van der Waals surface area contributed by atoms with Crippen molar-refractivity contribution in [2.24, 2.45) is 29.6 Å². The van der Waals surface area contributed by atoms with Crippen LogP contribution in [-0.2, 0) is 0 Å². The Balaban J connectivity index is 1.39. The van der Waals surface area contributed by atoms with E-state index in [0.717, 1.165) is 35.6 Å². The molecule has 0 radical (unpaired) electrons. The SMILES string of the molecule is CCC1CCC(CNC(C)C2CC3C=CC2C3)CC1. The van der Waals surface area contributed by atoms with Gasteiger partial charge in [-0.1, -0.05) is 38.3 Å². The van der Waals surface area contributed by atoms with Crippen LogP contribution in [0.2, 0.25) is 0 Å². The Morgan fingerprint density at radius 3 is 2.37 bits per heavy atom. The minimum Gasteiger partial charge on any atom is -0.314 e. The first kappa shape index (κ1) is 13.7. The van der Waals surface area contributed by atoms with Gasteiger partial charge in [-0.2, -0.15) is 0 Å². The number of hydrogen-bond donors (Lipinski definition) is 1. The number of rotatable bonds is 5. The Kier molecular flexibility index (Phi) is 4.31. The molecule has 0 heterocycles. The fourth-order valence-electron chi connectivity index (χ4n) is 4.75. The molecule has 3 aliphatic carbocycles. The topological polar surface area (TPSA) is 12.0 Å². The van der Waals surface area contributed by atoms with Gasteiger partial charge in [0.25, 0.3) is 0 Å². The molecule has 108 valence electrons. The fourth-order valence-corrected chi connectivity index (χ4v) is 4.75. The van der Waals surface area contributed by atoms with Crippen molar-refractivity contribution in [3.8, 4) is 0 Å². The molecule has 0 saturated heterocycles. The summed E-state index contributed by atoms with van der Waals surface area (Å²) < 4.78 is 0. The average Bonchev–Trinajstić information content (AvgIpc) is 3.08. The van der Waals surface area contributed by atoms with Crippen LogP contribution < -0.4 is 5.32 Å². The molecule has 0 amide bonds. The number of nitrogens with one attached hydrogen (secondary N) is 1. The van der Waals surface area contributed by atoms with Crippen molar-refractivity contribution >= 4 is 0 Å². The lowest BCUT2D eigenvalue weighted by Gasteiger charge is -2.31. The third kappa shape index (κ3) is 3.07. The third-order valence-electron chi connectivity index (χ3n) is 6.24.